The Kier molecular flexibility index (Phi) is 6.30. The molecule has 0 radical (unpaired) electrons. The molecule has 0 unspecified atom stereocenters. The summed E-state index contributed by atoms with van der Waals surface area (Å²) in [4.78, 5) is 16.2. The minimum absolute atomic E-state index is 0.257. The van der Waals surface area contributed by atoms with Crippen molar-refractivity contribution in [2.24, 2.45) is 4.99 Å². The van der Waals surface area contributed by atoms with Gasteiger partial charge in [0.05, 0.1) is 5.54 Å². The first-order valence-corrected chi connectivity index (χ1v) is 7.70. The van der Waals surface area contributed by atoms with Crippen LogP contribution < -0.4 is 16.0 Å². The van der Waals surface area contributed by atoms with E-state index in [0.29, 0.717) is 6.54 Å². The molecule has 0 atom stereocenters. The Morgan fingerprint density at radius 3 is 2.33 bits per heavy atom. The standard InChI is InChI=1S/C15H30N4O2/c1-14(2,3)21-13(20)19-15(9-7-6-8-10-15)11-18-12(16-4)17-5/h6-11H2,1-5H3,(H,19,20)(H2,16,17,18). The largest absolute Gasteiger partial charge is 0.444 e. The van der Waals surface area contributed by atoms with Crippen LogP contribution in [0.4, 0.5) is 4.79 Å². The van der Waals surface area contributed by atoms with Crippen LogP contribution in [0.5, 0.6) is 0 Å². The number of carbonyl (C=O) groups excluding carboxylic acids is 1. The van der Waals surface area contributed by atoms with Crippen molar-refractivity contribution in [1.82, 2.24) is 16.0 Å². The second kappa shape index (κ2) is 7.52. The molecule has 6 nitrogen and oxygen atoms in total. The molecule has 0 aromatic heterocycles. The molecule has 122 valence electrons. The normalized spacial score (nSPS) is 18.8. The maximum Gasteiger partial charge on any atom is 0.408 e. The van der Waals surface area contributed by atoms with Gasteiger partial charge in [-0.3, -0.25) is 4.99 Å². The molecule has 0 heterocycles. The van der Waals surface area contributed by atoms with Gasteiger partial charge in [-0.15, -0.1) is 0 Å². The molecule has 0 spiro atoms. The van der Waals surface area contributed by atoms with Crippen molar-refractivity contribution in [1.29, 1.82) is 0 Å². The van der Waals surface area contributed by atoms with Gasteiger partial charge in [0, 0.05) is 20.6 Å². The molecule has 1 rings (SSSR count). The second-order valence-corrected chi connectivity index (χ2v) is 6.64. The van der Waals surface area contributed by atoms with Crippen LogP contribution in [0.15, 0.2) is 4.99 Å². The van der Waals surface area contributed by atoms with Crippen molar-refractivity contribution < 1.29 is 9.53 Å². The summed E-state index contributed by atoms with van der Waals surface area (Å²) < 4.78 is 5.40. The molecule has 0 aromatic carbocycles. The van der Waals surface area contributed by atoms with Gasteiger partial charge < -0.3 is 20.7 Å². The van der Waals surface area contributed by atoms with E-state index >= 15 is 0 Å². The summed E-state index contributed by atoms with van der Waals surface area (Å²) in [6, 6.07) is 0. The Balaban J connectivity index is 2.67. The number of guanidine groups is 1. The van der Waals surface area contributed by atoms with Crippen molar-refractivity contribution in [2.75, 3.05) is 20.6 Å². The molecule has 0 bridgehead atoms. The molecule has 21 heavy (non-hydrogen) atoms. The van der Waals surface area contributed by atoms with E-state index in [2.05, 4.69) is 20.9 Å². The maximum atomic E-state index is 12.1. The highest BCUT2D eigenvalue weighted by atomic mass is 16.6. The van der Waals surface area contributed by atoms with Gasteiger partial charge in [-0.2, -0.15) is 0 Å². The molecule has 1 amide bonds. The van der Waals surface area contributed by atoms with Crippen molar-refractivity contribution in [2.45, 2.75) is 64.0 Å². The number of alkyl carbamates (subject to hydrolysis) is 1. The van der Waals surface area contributed by atoms with Gasteiger partial charge in [0.1, 0.15) is 5.60 Å². The fraction of sp³-hybridized carbons (Fsp3) is 0.867. The SMILES string of the molecule is CN=C(NC)NCC1(NC(=O)OC(C)(C)C)CCCCC1. The Labute approximate surface area is 128 Å². The molecule has 6 heteroatoms. The van der Waals surface area contributed by atoms with Crippen molar-refractivity contribution >= 4 is 12.1 Å². The van der Waals surface area contributed by atoms with Crippen LogP contribution in [0, 0.1) is 0 Å². The first-order valence-electron chi connectivity index (χ1n) is 7.70. The van der Waals surface area contributed by atoms with E-state index in [9.17, 15) is 4.79 Å². The molecular weight excluding hydrogens is 268 g/mol. The molecule has 0 aromatic rings. The highest BCUT2D eigenvalue weighted by Gasteiger charge is 2.35. The Morgan fingerprint density at radius 1 is 1.24 bits per heavy atom. The Morgan fingerprint density at radius 2 is 1.86 bits per heavy atom. The summed E-state index contributed by atoms with van der Waals surface area (Å²) in [7, 11) is 3.55. The van der Waals surface area contributed by atoms with Crippen molar-refractivity contribution in [3.05, 3.63) is 0 Å². The molecule has 1 fully saturated rings. The van der Waals surface area contributed by atoms with E-state index in [4.69, 9.17) is 4.74 Å². The monoisotopic (exact) mass is 298 g/mol. The minimum Gasteiger partial charge on any atom is -0.444 e. The third-order valence-electron chi connectivity index (χ3n) is 3.63. The summed E-state index contributed by atoms with van der Waals surface area (Å²) >= 11 is 0. The third kappa shape index (κ3) is 6.23. The van der Waals surface area contributed by atoms with Gasteiger partial charge in [-0.1, -0.05) is 19.3 Å². The Hall–Kier alpha value is -1.46. The summed E-state index contributed by atoms with van der Waals surface area (Å²) in [5.41, 5.74) is -0.734. The smallest absolute Gasteiger partial charge is 0.408 e. The van der Waals surface area contributed by atoms with Crippen LogP contribution in [0.2, 0.25) is 0 Å². The lowest BCUT2D eigenvalue weighted by molar-refractivity contribution is 0.0427. The Bertz CT molecular complexity index is 368. The van der Waals surface area contributed by atoms with E-state index < -0.39 is 5.60 Å². The highest BCUT2D eigenvalue weighted by Crippen LogP contribution is 2.28. The topological polar surface area (TPSA) is 74.8 Å². The zero-order valence-electron chi connectivity index (χ0n) is 14.0. The number of ether oxygens (including phenoxy) is 1. The van der Waals surface area contributed by atoms with Crippen LogP contribution in [-0.4, -0.2) is 43.8 Å². The molecule has 0 saturated heterocycles. The van der Waals surface area contributed by atoms with Crippen LogP contribution in [0.25, 0.3) is 0 Å². The zero-order valence-corrected chi connectivity index (χ0v) is 14.0. The van der Waals surface area contributed by atoms with Crippen LogP contribution >= 0.6 is 0 Å². The molecule has 3 N–H and O–H groups in total. The van der Waals surface area contributed by atoms with Gasteiger partial charge in [-0.25, -0.2) is 4.79 Å². The summed E-state index contributed by atoms with van der Waals surface area (Å²) in [5, 5.41) is 9.35. The van der Waals surface area contributed by atoms with Gasteiger partial charge in [0.2, 0.25) is 0 Å². The maximum absolute atomic E-state index is 12.1. The number of nitrogens with one attached hydrogen (secondary N) is 3. The number of hydrogen-bond acceptors (Lipinski definition) is 3. The molecular formula is C15H30N4O2. The number of carbonyl (C=O) groups is 1. The summed E-state index contributed by atoms with van der Waals surface area (Å²) in [6.07, 6.45) is 5.04. The first-order chi connectivity index (χ1) is 9.80. The zero-order chi connectivity index (χ0) is 15.9. The molecule has 1 saturated carbocycles. The second-order valence-electron chi connectivity index (χ2n) is 6.64. The van der Waals surface area contributed by atoms with Crippen LogP contribution in [0.3, 0.4) is 0 Å². The van der Waals surface area contributed by atoms with E-state index in [1.165, 1.54) is 6.42 Å². The fourth-order valence-corrected chi connectivity index (χ4v) is 2.63. The first kappa shape index (κ1) is 17.6. The average Bonchev–Trinajstić information content (AvgIpc) is 2.38. The number of nitrogens with zero attached hydrogens (tertiary/aromatic N) is 1. The molecule has 1 aliphatic rings. The van der Waals surface area contributed by atoms with Crippen LogP contribution in [0.1, 0.15) is 52.9 Å². The van der Waals surface area contributed by atoms with Gasteiger partial charge >= 0.3 is 6.09 Å². The molecule has 1 aliphatic carbocycles. The highest BCUT2D eigenvalue weighted by molar-refractivity contribution is 5.79. The number of hydrogen-bond donors (Lipinski definition) is 3. The van der Waals surface area contributed by atoms with E-state index in [1.54, 1.807) is 7.05 Å². The van der Waals surface area contributed by atoms with E-state index in [-0.39, 0.29) is 11.6 Å². The van der Waals surface area contributed by atoms with Gasteiger partial charge in [-0.05, 0) is 33.6 Å². The van der Waals surface area contributed by atoms with Gasteiger partial charge in [0.15, 0.2) is 5.96 Å². The lowest BCUT2D eigenvalue weighted by atomic mass is 9.81. The van der Waals surface area contributed by atoms with Crippen molar-refractivity contribution in [3.8, 4) is 0 Å². The van der Waals surface area contributed by atoms with E-state index in [1.807, 2.05) is 27.8 Å². The number of amides is 1. The number of aliphatic imine (C=N–C) groups is 1. The van der Waals surface area contributed by atoms with E-state index in [0.717, 1.165) is 31.6 Å². The minimum atomic E-state index is -0.478. The van der Waals surface area contributed by atoms with Crippen LogP contribution in [-0.2, 0) is 4.74 Å². The predicted molar refractivity (Wildman–Crippen MR) is 85.6 cm³/mol. The predicted octanol–water partition coefficient (Wildman–Crippen LogP) is 2.01. The van der Waals surface area contributed by atoms with Crippen molar-refractivity contribution in [3.63, 3.8) is 0 Å². The lowest BCUT2D eigenvalue weighted by Crippen LogP contribution is -2.58. The quantitative estimate of drug-likeness (QED) is 0.550. The average molecular weight is 298 g/mol. The van der Waals surface area contributed by atoms with Gasteiger partial charge in [0.25, 0.3) is 0 Å². The number of rotatable bonds is 3. The third-order valence-corrected chi connectivity index (χ3v) is 3.63. The lowest BCUT2D eigenvalue weighted by Gasteiger charge is -2.38. The summed E-state index contributed by atoms with van der Waals surface area (Å²) in [5.74, 6) is 0.728. The summed E-state index contributed by atoms with van der Waals surface area (Å²) in [6.45, 7) is 6.28. The fourth-order valence-electron chi connectivity index (χ4n) is 2.63. The molecule has 0 aliphatic heterocycles.